The van der Waals surface area contributed by atoms with Gasteiger partial charge in [-0.3, -0.25) is 4.90 Å². The summed E-state index contributed by atoms with van der Waals surface area (Å²) in [5.41, 5.74) is 0.946. The van der Waals surface area contributed by atoms with Gasteiger partial charge in [0.05, 0.1) is 0 Å². The molecule has 16 heavy (non-hydrogen) atoms. The minimum absolute atomic E-state index is 0.291. The van der Waals surface area contributed by atoms with Crippen molar-refractivity contribution in [1.29, 1.82) is 0 Å². The third kappa shape index (κ3) is 2.43. The van der Waals surface area contributed by atoms with Gasteiger partial charge >= 0.3 is 0 Å². The molecule has 1 N–H and O–H groups in total. The van der Waals surface area contributed by atoms with Crippen LogP contribution in [0, 0.1) is 11.3 Å². The molecule has 1 atom stereocenters. The number of nitrogens with zero attached hydrogens (tertiary/aromatic N) is 1. The van der Waals surface area contributed by atoms with E-state index in [2.05, 4.69) is 44.8 Å². The van der Waals surface area contributed by atoms with Gasteiger partial charge in [-0.1, -0.05) is 13.8 Å². The van der Waals surface area contributed by atoms with E-state index in [1.54, 1.807) is 0 Å². The molecule has 2 heteroatoms. The zero-order valence-electron chi connectivity index (χ0n) is 11.6. The monoisotopic (exact) mass is 224 g/mol. The predicted molar refractivity (Wildman–Crippen MR) is 69.6 cm³/mol. The van der Waals surface area contributed by atoms with Crippen molar-refractivity contribution in [2.75, 3.05) is 19.6 Å². The number of piperazine rings is 1. The Bertz CT molecular complexity index is 253. The molecule has 0 spiro atoms. The minimum Gasteiger partial charge on any atom is -0.309 e. The average molecular weight is 224 g/mol. The first kappa shape index (κ1) is 12.4. The van der Waals surface area contributed by atoms with E-state index in [0.717, 1.165) is 12.5 Å². The molecule has 1 saturated carbocycles. The van der Waals surface area contributed by atoms with E-state index in [0.29, 0.717) is 17.0 Å². The van der Waals surface area contributed by atoms with Crippen LogP contribution in [0.4, 0.5) is 0 Å². The largest absolute Gasteiger partial charge is 0.309 e. The molecule has 1 aliphatic heterocycles. The number of nitrogens with one attached hydrogen (secondary N) is 1. The molecule has 2 rings (SSSR count). The summed E-state index contributed by atoms with van der Waals surface area (Å²) in [6.07, 6.45) is 2.89. The van der Waals surface area contributed by atoms with Crippen LogP contribution in [0.2, 0.25) is 0 Å². The van der Waals surface area contributed by atoms with Crippen LogP contribution in [0.5, 0.6) is 0 Å². The molecule has 1 aliphatic carbocycles. The summed E-state index contributed by atoms with van der Waals surface area (Å²) in [4.78, 5) is 2.71. The average Bonchev–Trinajstić information content (AvgIpc) is 2.92. The summed E-state index contributed by atoms with van der Waals surface area (Å²) in [6, 6.07) is 0.698. The molecule has 2 aliphatic rings. The highest BCUT2D eigenvalue weighted by Gasteiger charge is 2.47. The maximum atomic E-state index is 3.63. The second-order valence-corrected chi connectivity index (χ2v) is 7.04. The Morgan fingerprint density at radius 2 is 1.94 bits per heavy atom. The molecule has 1 saturated heterocycles. The predicted octanol–water partition coefficient (Wildman–Crippen LogP) is 2.49. The van der Waals surface area contributed by atoms with E-state index in [-0.39, 0.29) is 0 Å². The van der Waals surface area contributed by atoms with Crippen molar-refractivity contribution in [3.8, 4) is 0 Å². The summed E-state index contributed by atoms with van der Waals surface area (Å²) in [7, 11) is 0. The lowest BCUT2D eigenvalue weighted by atomic mass is 9.89. The minimum atomic E-state index is 0.291. The number of rotatable bonds is 3. The summed E-state index contributed by atoms with van der Waals surface area (Å²) in [5.74, 6) is 0.845. The van der Waals surface area contributed by atoms with Gasteiger partial charge in [-0.15, -0.1) is 0 Å². The van der Waals surface area contributed by atoms with Crippen LogP contribution in [-0.2, 0) is 0 Å². The molecular weight excluding hydrogens is 196 g/mol. The van der Waals surface area contributed by atoms with Crippen molar-refractivity contribution in [3.63, 3.8) is 0 Å². The third-order valence-corrected chi connectivity index (χ3v) is 4.73. The quantitative estimate of drug-likeness (QED) is 0.792. The van der Waals surface area contributed by atoms with E-state index in [1.165, 1.54) is 25.9 Å². The summed E-state index contributed by atoms with van der Waals surface area (Å²) >= 11 is 0. The maximum absolute atomic E-state index is 3.63. The fourth-order valence-corrected chi connectivity index (χ4v) is 2.97. The Morgan fingerprint density at radius 1 is 1.31 bits per heavy atom. The Hall–Kier alpha value is -0.0800. The summed E-state index contributed by atoms with van der Waals surface area (Å²) < 4.78 is 0. The topological polar surface area (TPSA) is 15.3 Å². The van der Waals surface area contributed by atoms with Crippen LogP contribution in [0.1, 0.15) is 47.5 Å². The first-order valence-electron chi connectivity index (χ1n) is 6.84. The van der Waals surface area contributed by atoms with Gasteiger partial charge in [0.15, 0.2) is 0 Å². The second-order valence-electron chi connectivity index (χ2n) is 7.04. The van der Waals surface area contributed by atoms with Gasteiger partial charge in [0.25, 0.3) is 0 Å². The van der Waals surface area contributed by atoms with Gasteiger partial charge in [0, 0.05) is 31.2 Å². The van der Waals surface area contributed by atoms with Crippen LogP contribution in [-0.4, -0.2) is 36.1 Å². The Labute approximate surface area is 101 Å². The molecule has 94 valence electrons. The van der Waals surface area contributed by atoms with E-state index in [1.807, 2.05) is 0 Å². The summed E-state index contributed by atoms with van der Waals surface area (Å²) in [6.45, 7) is 15.4. The third-order valence-electron chi connectivity index (χ3n) is 4.73. The zero-order valence-corrected chi connectivity index (χ0v) is 11.6. The van der Waals surface area contributed by atoms with E-state index >= 15 is 0 Å². The van der Waals surface area contributed by atoms with Crippen molar-refractivity contribution < 1.29 is 0 Å². The van der Waals surface area contributed by atoms with Crippen LogP contribution in [0.3, 0.4) is 0 Å². The van der Waals surface area contributed by atoms with Gasteiger partial charge in [-0.2, -0.15) is 0 Å². The van der Waals surface area contributed by atoms with Gasteiger partial charge in [-0.05, 0) is 44.9 Å². The van der Waals surface area contributed by atoms with Gasteiger partial charge < -0.3 is 5.32 Å². The molecule has 0 radical (unpaired) electrons. The van der Waals surface area contributed by atoms with Gasteiger partial charge in [0.1, 0.15) is 0 Å². The Morgan fingerprint density at radius 3 is 2.44 bits per heavy atom. The van der Waals surface area contributed by atoms with E-state index in [4.69, 9.17) is 0 Å². The van der Waals surface area contributed by atoms with Crippen LogP contribution >= 0.6 is 0 Å². The first-order valence-corrected chi connectivity index (χ1v) is 6.84. The molecular formula is C14H28N2. The second kappa shape index (κ2) is 3.99. The Balaban J connectivity index is 1.98. The number of hydrogen-bond donors (Lipinski definition) is 1. The van der Waals surface area contributed by atoms with E-state index in [9.17, 15) is 0 Å². The van der Waals surface area contributed by atoms with Crippen molar-refractivity contribution in [3.05, 3.63) is 0 Å². The Kier molecular flexibility index (Phi) is 3.09. The smallest absolute Gasteiger partial charge is 0.0252 e. The SMILES string of the molecule is CC1CNC(C)(C)CN1CC1(C(C)C)CC1. The van der Waals surface area contributed by atoms with Gasteiger partial charge in [-0.25, -0.2) is 0 Å². The highest BCUT2D eigenvalue weighted by Crippen LogP contribution is 2.52. The molecule has 0 amide bonds. The zero-order chi connectivity index (χ0) is 12.0. The first-order chi connectivity index (χ1) is 7.35. The molecule has 0 bridgehead atoms. The molecule has 2 fully saturated rings. The lowest BCUT2D eigenvalue weighted by Gasteiger charge is -2.45. The molecule has 0 aromatic carbocycles. The van der Waals surface area contributed by atoms with Crippen molar-refractivity contribution in [2.45, 2.75) is 59.0 Å². The fourth-order valence-electron chi connectivity index (χ4n) is 2.97. The maximum Gasteiger partial charge on any atom is 0.0252 e. The van der Waals surface area contributed by atoms with Crippen LogP contribution < -0.4 is 5.32 Å². The highest BCUT2D eigenvalue weighted by atomic mass is 15.3. The lowest BCUT2D eigenvalue weighted by molar-refractivity contribution is 0.0721. The fraction of sp³-hybridized carbons (Fsp3) is 1.00. The molecule has 2 nitrogen and oxygen atoms in total. The van der Waals surface area contributed by atoms with Crippen LogP contribution in [0.15, 0.2) is 0 Å². The standard InChI is InChI=1S/C14H28N2/c1-11(2)14(6-7-14)10-16-9-13(4,5)15-8-12(16)3/h11-12,15H,6-10H2,1-5H3. The normalized spacial score (nSPS) is 33.0. The molecule has 1 unspecified atom stereocenters. The van der Waals surface area contributed by atoms with Crippen molar-refractivity contribution in [1.82, 2.24) is 10.2 Å². The summed E-state index contributed by atoms with van der Waals surface area (Å²) in [5, 5.41) is 3.63. The lowest BCUT2D eigenvalue weighted by Crippen LogP contribution is -2.61. The van der Waals surface area contributed by atoms with Crippen molar-refractivity contribution >= 4 is 0 Å². The number of hydrogen-bond acceptors (Lipinski definition) is 2. The molecule has 0 aromatic rings. The van der Waals surface area contributed by atoms with E-state index < -0.39 is 0 Å². The highest BCUT2D eigenvalue weighted by molar-refractivity contribution is 5.01. The van der Waals surface area contributed by atoms with Gasteiger partial charge in [0.2, 0.25) is 0 Å². The van der Waals surface area contributed by atoms with Crippen LogP contribution in [0.25, 0.3) is 0 Å². The molecule has 0 aromatic heterocycles. The van der Waals surface area contributed by atoms with Crippen molar-refractivity contribution in [2.24, 2.45) is 11.3 Å². The molecule has 1 heterocycles.